The third kappa shape index (κ3) is 2.81. The average molecular weight is 349 g/mol. The summed E-state index contributed by atoms with van der Waals surface area (Å²) in [5, 5.41) is 0.628. The van der Waals surface area contributed by atoms with Crippen molar-refractivity contribution < 1.29 is 9.59 Å². The van der Waals surface area contributed by atoms with E-state index >= 15 is 0 Å². The van der Waals surface area contributed by atoms with Gasteiger partial charge in [-0.05, 0) is 62.8 Å². The quantitative estimate of drug-likeness (QED) is 0.836. The summed E-state index contributed by atoms with van der Waals surface area (Å²) < 4.78 is 0. The van der Waals surface area contributed by atoms with Crippen LogP contribution in [0.1, 0.15) is 54.9 Å². The molecule has 130 valence electrons. The van der Waals surface area contributed by atoms with Gasteiger partial charge in [0, 0.05) is 30.2 Å². The molecule has 0 bridgehead atoms. The average Bonchev–Trinajstić information content (AvgIpc) is 2.96. The number of likely N-dealkylation sites (tertiary alicyclic amines) is 2. The van der Waals surface area contributed by atoms with E-state index in [4.69, 9.17) is 11.6 Å². The minimum absolute atomic E-state index is 0.0339. The van der Waals surface area contributed by atoms with Crippen LogP contribution in [0, 0.1) is 6.92 Å². The van der Waals surface area contributed by atoms with Gasteiger partial charge in [0.05, 0.1) is 0 Å². The molecule has 2 heterocycles. The number of hydrogen-bond acceptors (Lipinski definition) is 2. The van der Waals surface area contributed by atoms with E-state index in [1.165, 1.54) is 0 Å². The molecule has 1 spiro atoms. The molecule has 5 heteroatoms. The first-order chi connectivity index (χ1) is 11.5. The number of aryl methyl sites for hydroxylation is 1. The van der Waals surface area contributed by atoms with Crippen molar-refractivity contribution in [1.29, 1.82) is 0 Å². The van der Waals surface area contributed by atoms with E-state index in [0.717, 1.165) is 50.8 Å². The van der Waals surface area contributed by atoms with Crippen LogP contribution in [0.4, 0.5) is 0 Å². The Balaban J connectivity index is 1.92. The summed E-state index contributed by atoms with van der Waals surface area (Å²) in [6.07, 6.45) is 4.38. The molecule has 1 unspecified atom stereocenters. The minimum atomic E-state index is -0.628. The summed E-state index contributed by atoms with van der Waals surface area (Å²) in [6.45, 7) is 6.24. The zero-order chi connectivity index (χ0) is 17.3. The summed E-state index contributed by atoms with van der Waals surface area (Å²) in [7, 11) is 0. The van der Waals surface area contributed by atoms with Crippen molar-refractivity contribution in [1.82, 2.24) is 9.80 Å². The van der Waals surface area contributed by atoms with E-state index in [2.05, 4.69) is 6.92 Å². The second-order valence-electron chi connectivity index (χ2n) is 6.95. The highest BCUT2D eigenvalue weighted by Gasteiger charge is 2.52. The first-order valence-corrected chi connectivity index (χ1v) is 9.25. The van der Waals surface area contributed by atoms with Gasteiger partial charge in [0.1, 0.15) is 5.54 Å². The van der Waals surface area contributed by atoms with Crippen LogP contribution in [0.25, 0.3) is 0 Å². The molecule has 2 aliphatic rings. The van der Waals surface area contributed by atoms with E-state index in [0.29, 0.717) is 17.1 Å². The predicted octanol–water partition coefficient (Wildman–Crippen LogP) is 3.66. The van der Waals surface area contributed by atoms with Gasteiger partial charge in [-0.15, -0.1) is 0 Å². The lowest BCUT2D eigenvalue weighted by Gasteiger charge is -2.44. The molecule has 3 rings (SSSR count). The maximum absolute atomic E-state index is 13.2. The summed E-state index contributed by atoms with van der Waals surface area (Å²) in [6, 6.07) is 5.34. The van der Waals surface area contributed by atoms with Gasteiger partial charge < -0.3 is 9.80 Å². The molecule has 2 amide bonds. The second kappa shape index (κ2) is 6.75. The van der Waals surface area contributed by atoms with Crippen LogP contribution in [-0.2, 0) is 4.79 Å². The number of rotatable bonds is 3. The van der Waals surface area contributed by atoms with Gasteiger partial charge in [-0.25, -0.2) is 0 Å². The Morgan fingerprint density at radius 1 is 1.25 bits per heavy atom. The van der Waals surface area contributed by atoms with Gasteiger partial charge in [-0.3, -0.25) is 9.59 Å². The zero-order valence-corrected chi connectivity index (χ0v) is 15.2. The van der Waals surface area contributed by atoms with E-state index in [1.807, 2.05) is 22.8 Å². The van der Waals surface area contributed by atoms with Crippen LogP contribution in [0.15, 0.2) is 18.2 Å². The van der Waals surface area contributed by atoms with Crippen LogP contribution in [0.3, 0.4) is 0 Å². The molecule has 0 aliphatic carbocycles. The Bertz CT molecular complexity index is 659. The SMILES string of the molecule is CCCN1CCCC2(CCCN2C(=O)c2ccc(Cl)cc2C)C1=O. The molecule has 2 aliphatic heterocycles. The Morgan fingerprint density at radius 2 is 1.96 bits per heavy atom. The lowest BCUT2D eigenvalue weighted by atomic mass is 9.84. The highest BCUT2D eigenvalue weighted by atomic mass is 35.5. The fourth-order valence-electron chi connectivity index (χ4n) is 4.22. The molecule has 1 aromatic carbocycles. The Morgan fingerprint density at radius 3 is 2.62 bits per heavy atom. The maximum Gasteiger partial charge on any atom is 0.255 e. The van der Waals surface area contributed by atoms with Gasteiger partial charge in [-0.2, -0.15) is 0 Å². The number of piperidine rings is 1. The standard InChI is InChI=1S/C19H25ClN2O2/c1-3-10-21-11-4-8-19(18(21)24)9-5-12-22(19)17(23)16-7-6-15(20)13-14(16)2/h6-7,13H,3-5,8-12H2,1-2H3. The monoisotopic (exact) mass is 348 g/mol. The van der Waals surface area contributed by atoms with Crippen LogP contribution in [0.2, 0.25) is 5.02 Å². The molecule has 0 saturated carbocycles. The van der Waals surface area contributed by atoms with Crippen LogP contribution in [-0.4, -0.2) is 46.8 Å². The van der Waals surface area contributed by atoms with Gasteiger partial charge in [-0.1, -0.05) is 18.5 Å². The fourth-order valence-corrected chi connectivity index (χ4v) is 4.44. The van der Waals surface area contributed by atoms with E-state index in [-0.39, 0.29) is 11.8 Å². The van der Waals surface area contributed by atoms with Crippen LogP contribution >= 0.6 is 11.6 Å². The van der Waals surface area contributed by atoms with Crippen molar-refractivity contribution in [2.24, 2.45) is 0 Å². The Hall–Kier alpha value is -1.55. The number of amides is 2. The second-order valence-corrected chi connectivity index (χ2v) is 7.38. The maximum atomic E-state index is 13.2. The molecule has 2 fully saturated rings. The topological polar surface area (TPSA) is 40.6 Å². The molecular weight excluding hydrogens is 324 g/mol. The number of hydrogen-bond donors (Lipinski definition) is 0. The number of carbonyl (C=O) groups excluding carboxylic acids is 2. The molecule has 24 heavy (non-hydrogen) atoms. The van der Waals surface area contributed by atoms with Crippen molar-refractivity contribution in [2.45, 2.75) is 51.5 Å². The van der Waals surface area contributed by atoms with Gasteiger partial charge in [0.15, 0.2) is 0 Å². The first kappa shape index (κ1) is 17.3. The van der Waals surface area contributed by atoms with Crippen molar-refractivity contribution in [3.05, 3.63) is 34.3 Å². The summed E-state index contributed by atoms with van der Waals surface area (Å²) >= 11 is 6.01. The molecule has 0 radical (unpaired) electrons. The molecule has 1 aromatic rings. The van der Waals surface area contributed by atoms with Gasteiger partial charge in [0.25, 0.3) is 5.91 Å². The molecule has 0 aromatic heterocycles. The van der Waals surface area contributed by atoms with Crippen LogP contribution in [0.5, 0.6) is 0 Å². The zero-order valence-electron chi connectivity index (χ0n) is 14.5. The van der Waals surface area contributed by atoms with E-state index in [1.54, 1.807) is 12.1 Å². The number of benzene rings is 1. The number of halogens is 1. The lowest BCUT2D eigenvalue weighted by Crippen LogP contribution is -2.61. The molecule has 2 saturated heterocycles. The number of nitrogens with zero attached hydrogens (tertiary/aromatic N) is 2. The molecule has 4 nitrogen and oxygen atoms in total. The molecule has 1 atom stereocenters. The van der Waals surface area contributed by atoms with Gasteiger partial charge >= 0.3 is 0 Å². The lowest BCUT2D eigenvalue weighted by molar-refractivity contribution is -0.145. The first-order valence-electron chi connectivity index (χ1n) is 8.87. The highest BCUT2D eigenvalue weighted by Crippen LogP contribution is 2.39. The third-order valence-electron chi connectivity index (χ3n) is 5.35. The smallest absolute Gasteiger partial charge is 0.255 e. The molecule has 0 N–H and O–H groups in total. The number of carbonyl (C=O) groups is 2. The summed E-state index contributed by atoms with van der Waals surface area (Å²) in [5.41, 5.74) is 0.889. The van der Waals surface area contributed by atoms with Gasteiger partial charge in [0.2, 0.25) is 5.91 Å². The van der Waals surface area contributed by atoms with E-state index in [9.17, 15) is 9.59 Å². The summed E-state index contributed by atoms with van der Waals surface area (Å²) in [5.74, 6) is 0.112. The normalized spacial score (nSPS) is 24.0. The Labute approximate surface area is 148 Å². The predicted molar refractivity (Wildman–Crippen MR) is 95.3 cm³/mol. The van der Waals surface area contributed by atoms with Crippen LogP contribution < -0.4 is 0 Å². The summed E-state index contributed by atoms with van der Waals surface area (Å²) in [4.78, 5) is 30.1. The molecular formula is C19H25ClN2O2. The van der Waals surface area contributed by atoms with Crippen molar-refractivity contribution in [3.8, 4) is 0 Å². The van der Waals surface area contributed by atoms with Crippen molar-refractivity contribution in [3.63, 3.8) is 0 Å². The Kier molecular flexibility index (Phi) is 4.86. The minimum Gasteiger partial charge on any atom is -0.341 e. The third-order valence-corrected chi connectivity index (χ3v) is 5.59. The van der Waals surface area contributed by atoms with Crippen molar-refractivity contribution in [2.75, 3.05) is 19.6 Å². The van der Waals surface area contributed by atoms with Crippen molar-refractivity contribution >= 4 is 23.4 Å². The van der Waals surface area contributed by atoms with E-state index < -0.39 is 5.54 Å². The highest BCUT2D eigenvalue weighted by molar-refractivity contribution is 6.30. The fraction of sp³-hybridized carbons (Fsp3) is 0.579. The largest absolute Gasteiger partial charge is 0.341 e.